The number of benzene rings is 1. The number of anilines is 1. The van der Waals surface area contributed by atoms with Crippen LogP contribution in [0.2, 0.25) is 0 Å². The van der Waals surface area contributed by atoms with E-state index in [2.05, 4.69) is 10.2 Å². The van der Waals surface area contributed by atoms with E-state index in [0.29, 0.717) is 38.1 Å². The van der Waals surface area contributed by atoms with Crippen LogP contribution in [0.3, 0.4) is 0 Å². The van der Waals surface area contributed by atoms with Gasteiger partial charge in [0.1, 0.15) is 0 Å². The Hall–Kier alpha value is -2.37. The van der Waals surface area contributed by atoms with E-state index >= 15 is 0 Å². The first-order valence-electron chi connectivity index (χ1n) is 7.04. The van der Waals surface area contributed by atoms with E-state index in [-0.39, 0.29) is 5.91 Å². The van der Waals surface area contributed by atoms with Crippen molar-refractivity contribution in [2.45, 2.75) is 13.8 Å². The molecular formula is C15H18N4O2. The molecule has 1 aliphatic heterocycles. The minimum absolute atomic E-state index is 0.0834. The number of carbonyl (C=O) groups excluding carboxylic acids is 1. The summed E-state index contributed by atoms with van der Waals surface area (Å²) in [6.07, 6.45) is 0. The molecular weight excluding hydrogens is 268 g/mol. The number of hydrogen-bond donors (Lipinski definition) is 0. The Morgan fingerprint density at radius 3 is 2.52 bits per heavy atom. The second kappa shape index (κ2) is 5.55. The minimum Gasteiger partial charge on any atom is -0.408 e. The predicted octanol–water partition coefficient (Wildman–Crippen LogP) is 1.65. The smallest absolute Gasteiger partial charge is 0.318 e. The van der Waals surface area contributed by atoms with E-state index in [1.165, 1.54) is 0 Å². The lowest BCUT2D eigenvalue weighted by atomic mass is 10.1. The van der Waals surface area contributed by atoms with Crippen LogP contribution >= 0.6 is 0 Å². The number of amides is 1. The maximum Gasteiger partial charge on any atom is 0.318 e. The molecule has 0 bridgehead atoms. The zero-order valence-electron chi connectivity index (χ0n) is 12.2. The summed E-state index contributed by atoms with van der Waals surface area (Å²) in [4.78, 5) is 16.3. The van der Waals surface area contributed by atoms with Gasteiger partial charge in [-0.2, -0.15) is 0 Å². The van der Waals surface area contributed by atoms with Crippen LogP contribution in [0.4, 0.5) is 6.01 Å². The number of rotatable bonds is 2. The van der Waals surface area contributed by atoms with Crippen molar-refractivity contribution < 1.29 is 9.21 Å². The highest BCUT2D eigenvalue weighted by Gasteiger charge is 2.24. The van der Waals surface area contributed by atoms with E-state index in [0.717, 1.165) is 11.1 Å². The Labute approximate surface area is 123 Å². The molecule has 2 aromatic rings. The van der Waals surface area contributed by atoms with E-state index in [1.807, 2.05) is 41.0 Å². The molecule has 0 spiro atoms. The summed E-state index contributed by atoms with van der Waals surface area (Å²) < 4.78 is 5.42. The van der Waals surface area contributed by atoms with Crippen molar-refractivity contribution in [1.82, 2.24) is 15.1 Å². The molecule has 21 heavy (non-hydrogen) atoms. The molecule has 0 saturated carbocycles. The van der Waals surface area contributed by atoms with Crippen molar-refractivity contribution in [3.8, 4) is 0 Å². The summed E-state index contributed by atoms with van der Waals surface area (Å²) in [5.74, 6) is 0.642. The van der Waals surface area contributed by atoms with E-state index in [9.17, 15) is 4.79 Å². The number of piperazine rings is 1. The van der Waals surface area contributed by atoms with Gasteiger partial charge in [0.05, 0.1) is 0 Å². The summed E-state index contributed by atoms with van der Waals surface area (Å²) >= 11 is 0. The average Bonchev–Trinajstić information content (AvgIpc) is 2.93. The van der Waals surface area contributed by atoms with Gasteiger partial charge in [-0.15, -0.1) is 5.10 Å². The third-order valence-electron chi connectivity index (χ3n) is 3.62. The van der Waals surface area contributed by atoms with Crippen molar-refractivity contribution >= 4 is 11.9 Å². The summed E-state index contributed by atoms with van der Waals surface area (Å²) in [5.41, 5.74) is 1.85. The monoisotopic (exact) mass is 286 g/mol. The van der Waals surface area contributed by atoms with Gasteiger partial charge in [-0.05, 0) is 19.1 Å². The molecule has 1 aliphatic rings. The molecule has 0 N–H and O–H groups in total. The highest BCUT2D eigenvalue weighted by atomic mass is 16.4. The number of carbonyl (C=O) groups is 1. The fraction of sp³-hybridized carbons (Fsp3) is 0.400. The lowest BCUT2D eigenvalue weighted by Crippen LogP contribution is -2.49. The maximum absolute atomic E-state index is 12.5. The molecule has 1 fully saturated rings. The first-order valence-corrected chi connectivity index (χ1v) is 7.04. The third kappa shape index (κ3) is 2.89. The number of aryl methyl sites for hydroxylation is 2. The van der Waals surface area contributed by atoms with Crippen LogP contribution in [0.5, 0.6) is 0 Å². The molecule has 0 aliphatic carbocycles. The van der Waals surface area contributed by atoms with Gasteiger partial charge >= 0.3 is 6.01 Å². The fourth-order valence-corrected chi connectivity index (χ4v) is 2.48. The third-order valence-corrected chi connectivity index (χ3v) is 3.62. The van der Waals surface area contributed by atoms with E-state index in [1.54, 1.807) is 6.92 Å². The molecule has 6 nitrogen and oxygen atoms in total. The van der Waals surface area contributed by atoms with Gasteiger partial charge < -0.3 is 14.2 Å². The Kier molecular flexibility index (Phi) is 3.60. The van der Waals surface area contributed by atoms with Crippen LogP contribution in [0.15, 0.2) is 28.7 Å². The zero-order valence-corrected chi connectivity index (χ0v) is 12.2. The Balaban J connectivity index is 1.64. The lowest BCUT2D eigenvalue weighted by Gasteiger charge is -2.33. The largest absolute Gasteiger partial charge is 0.408 e. The number of nitrogens with zero attached hydrogens (tertiary/aromatic N) is 4. The van der Waals surface area contributed by atoms with Gasteiger partial charge in [-0.25, -0.2) is 0 Å². The second-order valence-corrected chi connectivity index (χ2v) is 5.25. The molecule has 0 radical (unpaired) electrons. The van der Waals surface area contributed by atoms with Crippen molar-refractivity contribution in [1.29, 1.82) is 0 Å². The Bertz CT molecular complexity index is 645. The minimum atomic E-state index is 0.0834. The van der Waals surface area contributed by atoms with Crippen LogP contribution in [-0.2, 0) is 0 Å². The Morgan fingerprint density at radius 1 is 1.14 bits per heavy atom. The van der Waals surface area contributed by atoms with Crippen LogP contribution in [0, 0.1) is 13.8 Å². The highest BCUT2D eigenvalue weighted by Crippen LogP contribution is 2.16. The van der Waals surface area contributed by atoms with Gasteiger partial charge in [0.25, 0.3) is 5.91 Å². The molecule has 110 valence electrons. The number of hydrogen-bond acceptors (Lipinski definition) is 5. The fourth-order valence-electron chi connectivity index (χ4n) is 2.48. The topological polar surface area (TPSA) is 62.5 Å². The van der Waals surface area contributed by atoms with Crippen LogP contribution in [0.25, 0.3) is 0 Å². The lowest BCUT2D eigenvalue weighted by molar-refractivity contribution is 0.0745. The Morgan fingerprint density at radius 2 is 1.90 bits per heavy atom. The first kappa shape index (κ1) is 13.6. The first-order chi connectivity index (χ1) is 10.1. The normalized spacial score (nSPS) is 15.3. The van der Waals surface area contributed by atoms with Crippen molar-refractivity contribution in [2.75, 3.05) is 31.1 Å². The van der Waals surface area contributed by atoms with Crippen molar-refractivity contribution in [3.05, 3.63) is 41.3 Å². The average molecular weight is 286 g/mol. The maximum atomic E-state index is 12.5. The molecule has 1 amide bonds. The number of aromatic nitrogens is 2. The van der Waals surface area contributed by atoms with Gasteiger partial charge in [-0.3, -0.25) is 4.79 Å². The summed E-state index contributed by atoms with van der Waals surface area (Å²) in [6.45, 7) is 6.50. The van der Waals surface area contributed by atoms with Gasteiger partial charge in [-0.1, -0.05) is 22.8 Å². The van der Waals surface area contributed by atoms with Gasteiger partial charge in [0.15, 0.2) is 0 Å². The van der Waals surface area contributed by atoms with Crippen LogP contribution in [0.1, 0.15) is 21.8 Å². The van der Waals surface area contributed by atoms with Crippen molar-refractivity contribution in [2.24, 2.45) is 0 Å². The molecule has 6 heteroatoms. The summed E-state index contributed by atoms with van der Waals surface area (Å²) in [5, 5.41) is 7.85. The van der Waals surface area contributed by atoms with E-state index < -0.39 is 0 Å². The van der Waals surface area contributed by atoms with Gasteiger partial charge in [0.2, 0.25) is 5.89 Å². The SMILES string of the molecule is Cc1cccc(C(=O)N2CCN(c3nnc(C)o3)CC2)c1. The standard InChI is InChI=1S/C15H18N4O2/c1-11-4-3-5-13(10-11)14(20)18-6-8-19(9-7-18)15-17-16-12(2)21-15/h3-5,10H,6-9H2,1-2H3. The molecule has 1 aromatic heterocycles. The van der Waals surface area contributed by atoms with Crippen LogP contribution in [-0.4, -0.2) is 47.2 Å². The molecule has 2 heterocycles. The molecule has 3 rings (SSSR count). The molecule has 0 atom stereocenters. The quantitative estimate of drug-likeness (QED) is 0.840. The summed E-state index contributed by atoms with van der Waals surface area (Å²) in [7, 11) is 0. The van der Waals surface area contributed by atoms with Gasteiger partial charge in [0, 0.05) is 38.7 Å². The summed E-state index contributed by atoms with van der Waals surface area (Å²) in [6, 6.07) is 8.24. The van der Waals surface area contributed by atoms with Crippen LogP contribution < -0.4 is 4.90 Å². The zero-order chi connectivity index (χ0) is 14.8. The second-order valence-electron chi connectivity index (χ2n) is 5.25. The predicted molar refractivity (Wildman–Crippen MR) is 78.3 cm³/mol. The van der Waals surface area contributed by atoms with Crippen molar-refractivity contribution in [3.63, 3.8) is 0 Å². The molecule has 0 unspecified atom stereocenters. The molecule has 1 saturated heterocycles. The van der Waals surface area contributed by atoms with E-state index in [4.69, 9.17) is 4.42 Å². The molecule has 1 aromatic carbocycles. The highest BCUT2D eigenvalue weighted by molar-refractivity contribution is 5.94.